The second-order valence-corrected chi connectivity index (χ2v) is 5.94. The van der Waals surface area contributed by atoms with E-state index >= 15 is 0 Å². The van der Waals surface area contributed by atoms with Crippen LogP contribution in [0, 0.1) is 6.92 Å². The van der Waals surface area contributed by atoms with Gasteiger partial charge in [0.05, 0.1) is 17.7 Å². The number of aryl methyl sites for hydroxylation is 2. The first kappa shape index (κ1) is 13.1. The minimum atomic E-state index is 1.03. The van der Waals surface area contributed by atoms with Crippen molar-refractivity contribution in [1.29, 1.82) is 0 Å². The summed E-state index contributed by atoms with van der Waals surface area (Å²) < 4.78 is 2.11. The van der Waals surface area contributed by atoms with Gasteiger partial charge >= 0.3 is 0 Å². The molecule has 0 bridgehead atoms. The zero-order valence-electron chi connectivity index (χ0n) is 12.9. The van der Waals surface area contributed by atoms with E-state index in [9.17, 15) is 0 Å². The van der Waals surface area contributed by atoms with Gasteiger partial charge in [0.25, 0.3) is 0 Å². The van der Waals surface area contributed by atoms with Crippen LogP contribution in [-0.2, 0) is 13.5 Å². The summed E-state index contributed by atoms with van der Waals surface area (Å²) in [6, 6.07) is 15.2. The molecule has 0 N–H and O–H groups in total. The average molecular weight is 286 g/mol. The Morgan fingerprint density at radius 3 is 2.82 bits per heavy atom. The molecule has 0 fully saturated rings. The van der Waals surface area contributed by atoms with Gasteiger partial charge in [-0.2, -0.15) is 0 Å². The zero-order chi connectivity index (χ0) is 15.1. The molecule has 1 aliphatic carbocycles. The Morgan fingerprint density at radius 2 is 1.95 bits per heavy atom. The summed E-state index contributed by atoms with van der Waals surface area (Å²) in [5.41, 5.74) is 8.63. The van der Waals surface area contributed by atoms with Crippen molar-refractivity contribution >= 4 is 6.08 Å². The van der Waals surface area contributed by atoms with Crippen LogP contribution in [0.1, 0.15) is 16.7 Å². The van der Waals surface area contributed by atoms with Crippen LogP contribution in [0.5, 0.6) is 0 Å². The molecular formula is C20H18N2. The molecule has 0 radical (unpaired) electrons. The fraction of sp³-hybridized carbons (Fsp3) is 0.150. The number of aromatic nitrogens is 2. The van der Waals surface area contributed by atoms with E-state index < -0.39 is 0 Å². The predicted molar refractivity (Wildman–Crippen MR) is 91.6 cm³/mol. The van der Waals surface area contributed by atoms with Crippen molar-refractivity contribution in [3.8, 4) is 22.5 Å². The molecule has 2 heteroatoms. The lowest BCUT2D eigenvalue weighted by Gasteiger charge is -2.09. The molecule has 22 heavy (non-hydrogen) atoms. The Balaban J connectivity index is 1.88. The van der Waals surface area contributed by atoms with Crippen LogP contribution in [0.3, 0.4) is 0 Å². The molecule has 4 rings (SSSR count). The second-order valence-electron chi connectivity index (χ2n) is 5.94. The van der Waals surface area contributed by atoms with Crippen molar-refractivity contribution in [3.63, 3.8) is 0 Å². The van der Waals surface area contributed by atoms with E-state index in [1.165, 1.54) is 33.5 Å². The molecular weight excluding hydrogens is 268 g/mol. The smallest absolute Gasteiger partial charge is 0.0963 e. The molecule has 1 aromatic heterocycles. The lowest BCUT2D eigenvalue weighted by atomic mass is 10.00. The highest BCUT2D eigenvalue weighted by Crippen LogP contribution is 2.33. The molecule has 0 atom stereocenters. The summed E-state index contributed by atoms with van der Waals surface area (Å²) in [5, 5.41) is 0. The number of rotatable bonds is 2. The highest BCUT2D eigenvalue weighted by atomic mass is 15.0. The first-order chi connectivity index (χ1) is 10.7. The van der Waals surface area contributed by atoms with Crippen LogP contribution < -0.4 is 0 Å². The van der Waals surface area contributed by atoms with Gasteiger partial charge in [-0.15, -0.1) is 0 Å². The summed E-state index contributed by atoms with van der Waals surface area (Å²) >= 11 is 0. The lowest BCUT2D eigenvalue weighted by molar-refractivity contribution is 0.921. The maximum absolute atomic E-state index is 4.64. The van der Waals surface area contributed by atoms with Crippen LogP contribution in [0.15, 0.2) is 54.9 Å². The molecule has 2 nitrogen and oxygen atoms in total. The maximum Gasteiger partial charge on any atom is 0.0963 e. The van der Waals surface area contributed by atoms with Crippen molar-refractivity contribution in [2.75, 3.05) is 0 Å². The van der Waals surface area contributed by atoms with Crippen molar-refractivity contribution in [2.45, 2.75) is 13.3 Å². The third kappa shape index (κ3) is 2.08. The van der Waals surface area contributed by atoms with Gasteiger partial charge in [-0.05, 0) is 36.6 Å². The molecule has 2 aromatic carbocycles. The SMILES string of the molecule is Cc1cccc(-c2ncn(C)c2-c2ccc3c(c2)CC=C3)c1. The normalized spacial score (nSPS) is 12.6. The van der Waals surface area contributed by atoms with Gasteiger partial charge in [-0.3, -0.25) is 0 Å². The standard InChI is InChI=1S/C20H18N2/c1-14-5-3-8-17(11-14)19-20(22(2)13-21-19)18-10-9-15-6-4-7-16(15)12-18/h3-6,8-13H,7H2,1-2H3. The van der Waals surface area contributed by atoms with E-state index in [0.29, 0.717) is 0 Å². The molecule has 0 amide bonds. The van der Waals surface area contributed by atoms with Gasteiger partial charge in [0, 0.05) is 18.2 Å². The van der Waals surface area contributed by atoms with E-state index in [2.05, 4.69) is 78.1 Å². The summed E-state index contributed by atoms with van der Waals surface area (Å²) in [7, 11) is 2.06. The van der Waals surface area contributed by atoms with Crippen LogP contribution in [0.2, 0.25) is 0 Å². The summed E-state index contributed by atoms with van der Waals surface area (Å²) in [6.45, 7) is 2.12. The van der Waals surface area contributed by atoms with Crippen LogP contribution in [-0.4, -0.2) is 9.55 Å². The molecule has 0 unspecified atom stereocenters. The highest BCUT2D eigenvalue weighted by Gasteiger charge is 2.15. The Labute approximate surface area is 130 Å². The van der Waals surface area contributed by atoms with E-state index in [4.69, 9.17) is 0 Å². The number of imidazole rings is 1. The summed E-state index contributed by atoms with van der Waals surface area (Å²) in [4.78, 5) is 4.64. The molecule has 0 spiro atoms. The van der Waals surface area contributed by atoms with Gasteiger partial charge in [0.15, 0.2) is 0 Å². The van der Waals surface area contributed by atoms with Gasteiger partial charge in [-0.1, -0.05) is 48.0 Å². The quantitative estimate of drug-likeness (QED) is 0.671. The number of hydrogen-bond donors (Lipinski definition) is 0. The first-order valence-electron chi connectivity index (χ1n) is 7.60. The number of benzene rings is 2. The van der Waals surface area contributed by atoms with Gasteiger partial charge in [-0.25, -0.2) is 4.98 Å². The number of nitrogens with zero attached hydrogens (tertiary/aromatic N) is 2. The lowest BCUT2D eigenvalue weighted by Crippen LogP contribution is -1.93. The summed E-state index contributed by atoms with van der Waals surface area (Å²) in [6.07, 6.45) is 7.35. The molecule has 1 aliphatic rings. The topological polar surface area (TPSA) is 17.8 Å². The predicted octanol–water partition coefficient (Wildman–Crippen LogP) is 4.63. The number of hydrogen-bond acceptors (Lipinski definition) is 1. The number of allylic oxidation sites excluding steroid dienone is 1. The molecule has 0 aliphatic heterocycles. The minimum absolute atomic E-state index is 1.03. The third-order valence-electron chi connectivity index (χ3n) is 4.28. The monoisotopic (exact) mass is 286 g/mol. The van der Waals surface area contributed by atoms with E-state index in [-0.39, 0.29) is 0 Å². The van der Waals surface area contributed by atoms with E-state index in [0.717, 1.165) is 12.1 Å². The Morgan fingerprint density at radius 1 is 1.05 bits per heavy atom. The molecule has 0 saturated carbocycles. The van der Waals surface area contributed by atoms with Crippen molar-refractivity contribution < 1.29 is 0 Å². The average Bonchev–Trinajstić information content (AvgIpc) is 3.12. The van der Waals surface area contributed by atoms with Gasteiger partial charge < -0.3 is 4.57 Å². The Bertz CT molecular complexity index is 884. The minimum Gasteiger partial charge on any atom is -0.333 e. The van der Waals surface area contributed by atoms with E-state index in [1.807, 2.05) is 6.33 Å². The van der Waals surface area contributed by atoms with Crippen molar-refractivity contribution in [1.82, 2.24) is 9.55 Å². The molecule has 1 heterocycles. The molecule has 108 valence electrons. The Hall–Kier alpha value is -2.61. The summed E-state index contributed by atoms with van der Waals surface area (Å²) in [5.74, 6) is 0. The number of fused-ring (bicyclic) bond motifs is 1. The highest BCUT2D eigenvalue weighted by molar-refractivity contribution is 5.80. The maximum atomic E-state index is 4.64. The fourth-order valence-electron chi connectivity index (χ4n) is 3.18. The Kier molecular flexibility index (Phi) is 2.97. The zero-order valence-corrected chi connectivity index (χ0v) is 12.9. The van der Waals surface area contributed by atoms with Crippen LogP contribution in [0.4, 0.5) is 0 Å². The van der Waals surface area contributed by atoms with E-state index in [1.54, 1.807) is 0 Å². The van der Waals surface area contributed by atoms with Crippen molar-refractivity contribution in [2.24, 2.45) is 7.05 Å². The van der Waals surface area contributed by atoms with Crippen molar-refractivity contribution in [3.05, 3.63) is 71.6 Å². The fourth-order valence-corrected chi connectivity index (χ4v) is 3.18. The van der Waals surface area contributed by atoms with Gasteiger partial charge in [0.1, 0.15) is 0 Å². The van der Waals surface area contributed by atoms with Crippen LogP contribution in [0.25, 0.3) is 28.6 Å². The largest absolute Gasteiger partial charge is 0.333 e. The van der Waals surface area contributed by atoms with Gasteiger partial charge in [0.2, 0.25) is 0 Å². The molecule has 3 aromatic rings. The second kappa shape index (κ2) is 4.99. The third-order valence-corrected chi connectivity index (χ3v) is 4.28. The first-order valence-corrected chi connectivity index (χ1v) is 7.60. The van der Waals surface area contributed by atoms with Crippen LogP contribution >= 0.6 is 0 Å². The molecule has 0 saturated heterocycles.